The van der Waals surface area contributed by atoms with Crippen molar-refractivity contribution in [2.24, 2.45) is 0 Å². The molecule has 0 saturated carbocycles. The highest BCUT2D eigenvalue weighted by Gasteiger charge is 2.08. The second-order valence-corrected chi connectivity index (χ2v) is 4.54. The van der Waals surface area contributed by atoms with Gasteiger partial charge in [-0.2, -0.15) is 0 Å². The molecule has 0 aliphatic heterocycles. The van der Waals surface area contributed by atoms with Gasteiger partial charge in [-0.15, -0.1) is 0 Å². The Kier molecular flexibility index (Phi) is 6.86. The standard InChI is InChI=1S/C14H22NO2/c1-15(11-13-7-3-2-4-8-13)12-14(17)9-5-6-10-16/h2-4,7-8,14,17H,5-6,9-12H2,1H3. The lowest BCUT2D eigenvalue weighted by Crippen LogP contribution is -2.28. The summed E-state index contributed by atoms with van der Waals surface area (Å²) in [6.45, 7) is 1.47. The molecule has 1 aromatic rings. The Bertz CT molecular complexity index is 290. The molecule has 0 bridgehead atoms. The van der Waals surface area contributed by atoms with Crippen molar-refractivity contribution in [1.82, 2.24) is 4.90 Å². The first kappa shape index (κ1) is 14.2. The van der Waals surface area contributed by atoms with Crippen LogP contribution in [0.15, 0.2) is 30.3 Å². The third-order valence-corrected chi connectivity index (χ3v) is 2.75. The minimum Gasteiger partial charge on any atom is -0.392 e. The highest BCUT2D eigenvalue weighted by atomic mass is 16.3. The zero-order valence-electron chi connectivity index (χ0n) is 10.5. The molecule has 0 aliphatic carbocycles. The molecule has 1 rings (SSSR count). The van der Waals surface area contributed by atoms with Crippen molar-refractivity contribution in [3.63, 3.8) is 0 Å². The van der Waals surface area contributed by atoms with Gasteiger partial charge in [0.15, 0.2) is 0 Å². The van der Waals surface area contributed by atoms with Gasteiger partial charge >= 0.3 is 0 Å². The van der Waals surface area contributed by atoms with Gasteiger partial charge in [-0.05, 0) is 31.9 Å². The molecule has 1 radical (unpaired) electrons. The van der Waals surface area contributed by atoms with Crippen molar-refractivity contribution in [2.75, 3.05) is 20.2 Å². The van der Waals surface area contributed by atoms with Crippen LogP contribution < -0.4 is 0 Å². The topological polar surface area (TPSA) is 43.4 Å². The molecule has 17 heavy (non-hydrogen) atoms. The molecule has 0 aromatic heterocycles. The maximum atomic E-state index is 10.3. The molecular weight excluding hydrogens is 214 g/mol. The smallest absolute Gasteiger partial charge is 0.0822 e. The second-order valence-electron chi connectivity index (χ2n) is 4.54. The summed E-state index contributed by atoms with van der Waals surface area (Å²) in [7, 11) is 2.00. The van der Waals surface area contributed by atoms with E-state index in [1.807, 2.05) is 25.2 Å². The van der Waals surface area contributed by atoms with Crippen LogP contribution in [0.1, 0.15) is 24.8 Å². The van der Waals surface area contributed by atoms with Crippen molar-refractivity contribution in [2.45, 2.75) is 31.9 Å². The first-order valence-corrected chi connectivity index (χ1v) is 6.21. The molecule has 0 spiro atoms. The van der Waals surface area contributed by atoms with Crippen LogP contribution in [0.3, 0.4) is 0 Å². The van der Waals surface area contributed by atoms with Crippen LogP contribution in [0, 0.1) is 0 Å². The third kappa shape index (κ3) is 6.41. The largest absolute Gasteiger partial charge is 0.392 e. The molecule has 0 fully saturated rings. The first-order chi connectivity index (χ1) is 8.22. The SMILES string of the molecule is CN(Cc1ccccc1)CC(O)CCCC[O]. The zero-order chi connectivity index (χ0) is 12.5. The van der Waals surface area contributed by atoms with Gasteiger partial charge in [-0.1, -0.05) is 30.3 Å². The summed E-state index contributed by atoms with van der Waals surface area (Å²) < 4.78 is 0. The minimum absolute atomic E-state index is 0.0351. The number of likely N-dealkylation sites (N-methyl/N-ethyl adjacent to an activating group) is 1. The van der Waals surface area contributed by atoms with Crippen LogP contribution >= 0.6 is 0 Å². The molecular formula is C14H22NO2. The minimum atomic E-state index is -0.324. The lowest BCUT2D eigenvalue weighted by atomic mass is 10.1. The fraction of sp³-hybridized carbons (Fsp3) is 0.571. The molecule has 1 aromatic carbocycles. The quantitative estimate of drug-likeness (QED) is 0.702. The summed E-state index contributed by atoms with van der Waals surface area (Å²) in [5, 5.41) is 20.1. The maximum absolute atomic E-state index is 10.3. The highest BCUT2D eigenvalue weighted by molar-refractivity contribution is 5.14. The Labute approximate surface area is 104 Å². The lowest BCUT2D eigenvalue weighted by Gasteiger charge is -2.20. The zero-order valence-corrected chi connectivity index (χ0v) is 10.5. The van der Waals surface area contributed by atoms with E-state index in [-0.39, 0.29) is 12.7 Å². The van der Waals surface area contributed by atoms with Crippen LogP contribution in [0.2, 0.25) is 0 Å². The fourth-order valence-electron chi connectivity index (χ4n) is 1.89. The molecule has 0 aliphatic rings. The van der Waals surface area contributed by atoms with Gasteiger partial charge in [0, 0.05) is 13.1 Å². The van der Waals surface area contributed by atoms with E-state index in [0.717, 1.165) is 19.4 Å². The van der Waals surface area contributed by atoms with Crippen LogP contribution in [0.25, 0.3) is 0 Å². The molecule has 95 valence electrons. The average Bonchev–Trinajstić information content (AvgIpc) is 2.30. The number of benzene rings is 1. The summed E-state index contributed by atoms with van der Waals surface area (Å²) in [5.41, 5.74) is 1.25. The summed E-state index contributed by atoms with van der Waals surface area (Å²) in [6.07, 6.45) is 1.89. The van der Waals surface area contributed by atoms with Crippen LogP contribution in [-0.2, 0) is 11.7 Å². The predicted molar refractivity (Wildman–Crippen MR) is 68.2 cm³/mol. The second kappa shape index (κ2) is 8.23. The summed E-state index contributed by atoms with van der Waals surface area (Å²) in [5.74, 6) is 0. The number of hydrogen-bond donors (Lipinski definition) is 1. The Morgan fingerprint density at radius 1 is 1.24 bits per heavy atom. The fourth-order valence-corrected chi connectivity index (χ4v) is 1.89. The molecule has 1 atom stereocenters. The number of aliphatic hydroxyl groups excluding tert-OH is 1. The van der Waals surface area contributed by atoms with Crippen molar-refractivity contribution >= 4 is 0 Å². The van der Waals surface area contributed by atoms with Gasteiger partial charge in [0.1, 0.15) is 0 Å². The van der Waals surface area contributed by atoms with Crippen molar-refractivity contribution in [3.8, 4) is 0 Å². The van der Waals surface area contributed by atoms with E-state index in [0.29, 0.717) is 13.0 Å². The van der Waals surface area contributed by atoms with Crippen LogP contribution in [0.5, 0.6) is 0 Å². The van der Waals surface area contributed by atoms with Crippen molar-refractivity contribution in [1.29, 1.82) is 0 Å². The first-order valence-electron chi connectivity index (χ1n) is 6.21. The Hall–Kier alpha value is -0.900. The van der Waals surface area contributed by atoms with Crippen molar-refractivity contribution < 1.29 is 10.2 Å². The van der Waals surface area contributed by atoms with Gasteiger partial charge in [-0.3, -0.25) is 4.90 Å². The van der Waals surface area contributed by atoms with E-state index in [1.165, 1.54) is 5.56 Å². The third-order valence-electron chi connectivity index (χ3n) is 2.75. The monoisotopic (exact) mass is 236 g/mol. The summed E-state index contributed by atoms with van der Waals surface area (Å²) in [6, 6.07) is 10.2. The van der Waals surface area contributed by atoms with E-state index in [1.54, 1.807) is 0 Å². The normalized spacial score (nSPS) is 12.9. The van der Waals surface area contributed by atoms with Crippen LogP contribution in [-0.4, -0.2) is 36.3 Å². The predicted octanol–water partition coefficient (Wildman–Crippen LogP) is 2.08. The summed E-state index contributed by atoms with van der Waals surface area (Å²) >= 11 is 0. The van der Waals surface area contributed by atoms with E-state index in [4.69, 9.17) is 0 Å². The highest BCUT2D eigenvalue weighted by Crippen LogP contribution is 2.06. The number of hydrogen-bond acceptors (Lipinski definition) is 2. The number of nitrogens with zero attached hydrogens (tertiary/aromatic N) is 1. The molecule has 0 heterocycles. The Morgan fingerprint density at radius 2 is 1.94 bits per heavy atom. The van der Waals surface area contributed by atoms with Crippen LogP contribution in [0.4, 0.5) is 0 Å². The summed E-state index contributed by atoms with van der Waals surface area (Å²) in [4.78, 5) is 2.11. The average molecular weight is 236 g/mol. The van der Waals surface area contributed by atoms with E-state index in [9.17, 15) is 10.2 Å². The number of aliphatic hydroxyl groups is 1. The maximum Gasteiger partial charge on any atom is 0.0822 e. The lowest BCUT2D eigenvalue weighted by molar-refractivity contribution is 0.108. The van der Waals surface area contributed by atoms with E-state index in [2.05, 4.69) is 17.0 Å². The van der Waals surface area contributed by atoms with E-state index >= 15 is 0 Å². The molecule has 0 saturated heterocycles. The van der Waals surface area contributed by atoms with Gasteiger partial charge < -0.3 is 5.11 Å². The Balaban J connectivity index is 2.22. The molecule has 1 N–H and O–H groups in total. The molecule has 3 heteroatoms. The Morgan fingerprint density at radius 3 is 2.59 bits per heavy atom. The van der Waals surface area contributed by atoms with E-state index < -0.39 is 0 Å². The van der Waals surface area contributed by atoms with Crippen molar-refractivity contribution in [3.05, 3.63) is 35.9 Å². The number of unbranched alkanes of at least 4 members (excludes halogenated alkanes) is 1. The number of rotatable bonds is 8. The van der Waals surface area contributed by atoms with Gasteiger partial charge in [0.2, 0.25) is 0 Å². The van der Waals surface area contributed by atoms with Gasteiger partial charge in [-0.25, -0.2) is 5.11 Å². The molecule has 0 amide bonds. The molecule has 3 nitrogen and oxygen atoms in total. The molecule has 1 unspecified atom stereocenters. The van der Waals surface area contributed by atoms with Gasteiger partial charge in [0.25, 0.3) is 0 Å². The van der Waals surface area contributed by atoms with Gasteiger partial charge in [0.05, 0.1) is 12.7 Å².